The van der Waals surface area contributed by atoms with Gasteiger partial charge in [-0.05, 0) is 37.6 Å². The van der Waals surface area contributed by atoms with Crippen molar-refractivity contribution in [1.29, 1.82) is 0 Å². The topological polar surface area (TPSA) is 139 Å². The van der Waals surface area contributed by atoms with Gasteiger partial charge in [0, 0.05) is 24.6 Å². The number of aliphatic carboxylic acids is 1. The lowest BCUT2D eigenvalue weighted by atomic mass is 10.2. The molecule has 1 amide bonds. The predicted molar refractivity (Wildman–Crippen MR) is 88.6 cm³/mol. The number of carboxylic acids is 1. The SMILES string of the molecule is Cc1cc(NS(=O)(=O)c2ccc(NC(=O)CCCC(=O)O)cc2)no1. The number of nitrogens with zero attached hydrogens (tertiary/aromatic N) is 1. The van der Waals surface area contributed by atoms with Gasteiger partial charge in [0.05, 0.1) is 4.90 Å². The monoisotopic (exact) mass is 367 g/mol. The molecule has 134 valence electrons. The van der Waals surface area contributed by atoms with E-state index in [1.165, 1.54) is 30.3 Å². The predicted octanol–water partition coefficient (Wildman–Crippen LogP) is 1.98. The van der Waals surface area contributed by atoms with E-state index in [1.807, 2.05) is 0 Å². The maximum absolute atomic E-state index is 12.2. The van der Waals surface area contributed by atoms with Crippen LogP contribution < -0.4 is 10.0 Å². The van der Waals surface area contributed by atoms with Crippen LogP contribution in [0, 0.1) is 6.92 Å². The highest BCUT2D eigenvalue weighted by Crippen LogP contribution is 2.18. The number of hydrogen-bond donors (Lipinski definition) is 3. The summed E-state index contributed by atoms with van der Waals surface area (Å²) >= 11 is 0. The van der Waals surface area contributed by atoms with Gasteiger partial charge in [-0.1, -0.05) is 5.16 Å². The van der Waals surface area contributed by atoms with E-state index < -0.39 is 16.0 Å². The van der Waals surface area contributed by atoms with Crippen LogP contribution in [0.25, 0.3) is 0 Å². The molecule has 25 heavy (non-hydrogen) atoms. The molecule has 0 saturated heterocycles. The second-order valence-electron chi connectivity index (χ2n) is 5.25. The lowest BCUT2D eigenvalue weighted by Gasteiger charge is -2.07. The summed E-state index contributed by atoms with van der Waals surface area (Å²) in [5.41, 5.74) is 0.413. The Balaban J connectivity index is 1.96. The van der Waals surface area contributed by atoms with Gasteiger partial charge in [-0.15, -0.1) is 0 Å². The first kappa shape index (κ1) is 18.5. The molecule has 0 atom stereocenters. The number of hydrogen-bond acceptors (Lipinski definition) is 6. The van der Waals surface area contributed by atoms with E-state index in [9.17, 15) is 18.0 Å². The molecule has 1 aromatic carbocycles. The lowest BCUT2D eigenvalue weighted by Crippen LogP contribution is -2.14. The van der Waals surface area contributed by atoms with Crippen molar-refractivity contribution in [3.05, 3.63) is 36.1 Å². The van der Waals surface area contributed by atoms with Crippen molar-refractivity contribution >= 4 is 33.4 Å². The molecule has 0 aliphatic carbocycles. The van der Waals surface area contributed by atoms with E-state index in [-0.39, 0.29) is 35.9 Å². The van der Waals surface area contributed by atoms with Crippen molar-refractivity contribution in [2.24, 2.45) is 0 Å². The van der Waals surface area contributed by atoms with Crippen LogP contribution >= 0.6 is 0 Å². The minimum Gasteiger partial charge on any atom is -0.481 e. The van der Waals surface area contributed by atoms with Gasteiger partial charge in [-0.2, -0.15) is 0 Å². The fourth-order valence-electron chi connectivity index (χ4n) is 1.95. The Morgan fingerprint density at radius 1 is 1.20 bits per heavy atom. The third-order valence-electron chi connectivity index (χ3n) is 3.11. The van der Waals surface area contributed by atoms with Gasteiger partial charge in [0.25, 0.3) is 10.0 Å². The highest BCUT2D eigenvalue weighted by molar-refractivity contribution is 7.92. The minimum atomic E-state index is -3.82. The smallest absolute Gasteiger partial charge is 0.303 e. The molecular formula is C15H17N3O6S. The number of anilines is 2. The van der Waals surface area contributed by atoms with Gasteiger partial charge < -0.3 is 14.9 Å². The van der Waals surface area contributed by atoms with E-state index >= 15 is 0 Å². The number of carboxylic acid groups (broad SMARTS) is 1. The minimum absolute atomic E-state index is 0.00275. The highest BCUT2D eigenvalue weighted by Gasteiger charge is 2.16. The Kier molecular flexibility index (Phi) is 5.75. The number of rotatable bonds is 8. The van der Waals surface area contributed by atoms with Crippen LogP contribution in [0.15, 0.2) is 39.8 Å². The quantitative estimate of drug-likeness (QED) is 0.648. The molecule has 0 unspecified atom stereocenters. The summed E-state index contributed by atoms with van der Waals surface area (Å²) in [7, 11) is -3.82. The Morgan fingerprint density at radius 3 is 2.44 bits per heavy atom. The van der Waals surface area contributed by atoms with Crippen molar-refractivity contribution in [2.45, 2.75) is 31.1 Å². The second-order valence-corrected chi connectivity index (χ2v) is 6.93. The van der Waals surface area contributed by atoms with E-state index in [1.54, 1.807) is 6.92 Å². The molecule has 0 bridgehead atoms. The van der Waals surface area contributed by atoms with Gasteiger partial charge in [-0.3, -0.25) is 14.3 Å². The number of nitrogens with one attached hydrogen (secondary N) is 2. The number of benzene rings is 1. The number of amides is 1. The summed E-state index contributed by atoms with van der Waals surface area (Å²) in [5.74, 6) is -0.753. The largest absolute Gasteiger partial charge is 0.481 e. The molecule has 0 fully saturated rings. The van der Waals surface area contributed by atoms with Crippen molar-refractivity contribution in [3.63, 3.8) is 0 Å². The zero-order valence-electron chi connectivity index (χ0n) is 13.4. The van der Waals surface area contributed by atoms with Crippen molar-refractivity contribution < 1.29 is 27.6 Å². The van der Waals surface area contributed by atoms with Gasteiger partial charge in [0.2, 0.25) is 5.91 Å². The Labute approximate surface area is 144 Å². The maximum Gasteiger partial charge on any atom is 0.303 e. The number of carbonyl (C=O) groups is 2. The Hall–Kier alpha value is -2.88. The van der Waals surface area contributed by atoms with Crippen LogP contribution in [0.3, 0.4) is 0 Å². The van der Waals surface area contributed by atoms with Crippen LogP contribution in [-0.4, -0.2) is 30.6 Å². The molecule has 0 aliphatic heterocycles. The Morgan fingerprint density at radius 2 is 1.88 bits per heavy atom. The second kappa shape index (κ2) is 7.79. The van der Waals surface area contributed by atoms with Crippen LogP contribution in [0.4, 0.5) is 11.5 Å². The highest BCUT2D eigenvalue weighted by atomic mass is 32.2. The number of sulfonamides is 1. The molecule has 2 aromatic rings. The average molecular weight is 367 g/mol. The molecule has 1 heterocycles. The van der Waals surface area contributed by atoms with Crippen LogP contribution in [-0.2, 0) is 19.6 Å². The first-order valence-electron chi connectivity index (χ1n) is 7.34. The van der Waals surface area contributed by atoms with Crippen molar-refractivity contribution in [2.75, 3.05) is 10.0 Å². The summed E-state index contributed by atoms with van der Waals surface area (Å²) in [4.78, 5) is 22.1. The summed E-state index contributed by atoms with van der Waals surface area (Å²) in [5, 5.41) is 14.7. The molecule has 3 N–H and O–H groups in total. The molecular weight excluding hydrogens is 350 g/mol. The first-order valence-corrected chi connectivity index (χ1v) is 8.82. The molecule has 0 spiro atoms. The van der Waals surface area contributed by atoms with E-state index in [0.717, 1.165) is 0 Å². The summed E-state index contributed by atoms with van der Waals surface area (Å²) in [6.07, 6.45) is 0.214. The normalized spacial score (nSPS) is 11.1. The molecule has 2 rings (SSSR count). The van der Waals surface area contributed by atoms with Crippen molar-refractivity contribution in [1.82, 2.24) is 5.16 Å². The summed E-state index contributed by atoms with van der Waals surface area (Å²) in [6.45, 7) is 1.64. The first-order chi connectivity index (χ1) is 11.8. The summed E-state index contributed by atoms with van der Waals surface area (Å²) in [6, 6.07) is 7.00. The third-order valence-corrected chi connectivity index (χ3v) is 4.48. The van der Waals surface area contributed by atoms with Crippen LogP contribution in [0.1, 0.15) is 25.0 Å². The molecule has 1 aromatic heterocycles. The fraction of sp³-hybridized carbons (Fsp3) is 0.267. The zero-order valence-corrected chi connectivity index (χ0v) is 14.2. The van der Waals surface area contributed by atoms with Gasteiger partial charge >= 0.3 is 5.97 Å². The Bertz CT molecular complexity index is 858. The molecule has 0 saturated carbocycles. The van der Waals surface area contributed by atoms with Gasteiger partial charge in [0.15, 0.2) is 5.82 Å². The van der Waals surface area contributed by atoms with Crippen LogP contribution in [0.2, 0.25) is 0 Å². The molecule has 0 aliphatic rings. The van der Waals surface area contributed by atoms with E-state index in [0.29, 0.717) is 11.4 Å². The maximum atomic E-state index is 12.2. The van der Waals surface area contributed by atoms with E-state index in [4.69, 9.17) is 9.63 Å². The molecule has 10 heteroatoms. The van der Waals surface area contributed by atoms with Gasteiger partial charge in [0.1, 0.15) is 5.76 Å². The molecule has 0 radical (unpaired) electrons. The fourth-order valence-corrected chi connectivity index (χ4v) is 2.94. The zero-order chi connectivity index (χ0) is 18.4. The number of carbonyl (C=O) groups excluding carboxylic acids is 1. The standard InChI is InChI=1S/C15H17N3O6S/c1-10-9-13(17-24-10)18-25(22,23)12-7-5-11(6-8-12)16-14(19)3-2-4-15(20)21/h5-9H,2-4H2,1H3,(H,16,19)(H,17,18)(H,20,21). The molecule has 9 nitrogen and oxygen atoms in total. The average Bonchev–Trinajstić information content (AvgIpc) is 2.91. The summed E-state index contributed by atoms with van der Waals surface area (Å²) < 4.78 is 31.5. The van der Waals surface area contributed by atoms with Crippen molar-refractivity contribution in [3.8, 4) is 0 Å². The number of aryl methyl sites for hydroxylation is 1. The third kappa shape index (κ3) is 5.60. The van der Waals surface area contributed by atoms with E-state index in [2.05, 4.69) is 15.2 Å². The number of aromatic nitrogens is 1. The van der Waals surface area contributed by atoms with Gasteiger partial charge in [-0.25, -0.2) is 8.42 Å². The lowest BCUT2D eigenvalue weighted by molar-refractivity contribution is -0.137. The van der Waals surface area contributed by atoms with Crippen LogP contribution in [0.5, 0.6) is 0 Å².